The Morgan fingerprint density at radius 2 is 1.29 bits per heavy atom. The fourth-order valence-electron chi connectivity index (χ4n) is 6.23. The minimum atomic E-state index is 0.108. The molecule has 8 aromatic rings. The highest BCUT2D eigenvalue weighted by Gasteiger charge is 2.32. The molecule has 0 N–H and O–H groups in total. The van der Waals surface area contributed by atoms with E-state index in [1.165, 1.54) is 73.2 Å². The lowest BCUT2D eigenvalue weighted by Crippen LogP contribution is -2.04. The van der Waals surface area contributed by atoms with E-state index in [1.807, 2.05) is 34.4 Å². The fourth-order valence-corrected chi connectivity index (χ4v) is 9.78. The van der Waals surface area contributed by atoms with Crippen LogP contribution < -0.4 is 4.74 Å². The first-order valence-electron chi connectivity index (χ1n) is 13.8. The van der Waals surface area contributed by atoms with Crippen LogP contribution in [-0.2, 0) is 0 Å². The standard InChI is InChI=1S/C34H25N3OS3/c1-17-5-9-21(10-6-17)36-26-13-19(3)35-16-25(26)31-29(36)23-14-28-24(15-27(23)40-31)30-32(41-28)33-34(38-20(4)39-33)37(30)22-11-7-18(2)8-12-22/h5-16,20H,1-4H3. The van der Waals surface area contributed by atoms with Gasteiger partial charge in [-0.3, -0.25) is 9.55 Å². The predicted octanol–water partition coefficient (Wildman–Crippen LogP) is 10.3. The van der Waals surface area contributed by atoms with Crippen molar-refractivity contribution in [2.45, 2.75) is 38.0 Å². The van der Waals surface area contributed by atoms with Gasteiger partial charge in [-0.25, -0.2) is 0 Å². The van der Waals surface area contributed by atoms with E-state index in [0.29, 0.717) is 0 Å². The summed E-state index contributed by atoms with van der Waals surface area (Å²) in [6.07, 6.45) is 2.05. The number of hydrogen-bond donors (Lipinski definition) is 0. The quantitative estimate of drug-likeness (QED) is 0.202. The van der Waals surface area contributed by atoms with Crippen molar-refractivity contribution in [3.05, 3.63) is 89.7 Å². The van der Waals surface area contributed by atoms with Crippen LogP contribution in [0, 0.1) is 20.8 Å². The number of thioether (sulfide) groups is 1. The van der Waals surface area contributed by atoms with Crippen LogP contribution in [0.2, 0.25) is 0 Å². The summed E-state index contributed by atoms with van der Waals surface area (Å²) in [5, 5.41) is 3.79. The molecule has 200 valence electrons. The SMILES string of the molecule is Cc1ccc(-n2c3c(c4sc5cc6c(cc5c42)sc2c4cnc(C)cc4n(-c4ccc(C)cc4)c62)SC(C)O3)cc1. The number of ether oxygens (including phenoxy) is 1. The van der Waals surface area contributed by atoms with Crippen molar-refractivity contribution < 1.29 is 4.74 Å². The van der Waals surface area contributed by atoms with Gasteiger partial charge >= 0.3 is 0 Å². The second-order valence-corrected chi connectivity index (χ2v) is 14.4. The molecule has 6 heterocycles. The van der Waals surface area contributed by atoms with Gasteiger partial charge in [0.05, 0.1) is 30.8 Å². The molecule has 1 aliphatic heterocycles. The molecule has 0 fully saturated rings. The second-order valence-electron chi connectivity index (χ2n) is 11.0. The van der Waals surface area contributed by atoms with Crippen LogP contribution in [-0.4, -0.2) is 19.6 Å². The molecule has 41 heavy (non-hydrogen) atoms. The molecule has 1 aliphatic rings. The zero-order valence-electron chi connectivity index (χ0n) is 23.0. The number of aryl methyl sites for hydroxylation is 3. The van der Waals surface area contributed by atoms with Crippen LogP contribution >= 0.6 is 34.4 Å². The minimum Gasteiger partial charge on any atom is -0.463 e. The largest absolute Gasteiger partial charge is 0.463 e. The number of fused-ring (bicyclic) bond motifs is 10. The summed E-state index contributed by atoms with van der Waals surface area (Å²) in [7, 11) is 0. The van der Waals surface area contributed by atoms with Gasteiger partial charge < -0.3 is 9.30 Å². The third kappa shape index (κ3) is 3.31. The number of benzene rings is 3. The smallest absolute Gasteiger partial charge is 0.215 e. The molecule has 0 radical (unpaired) electrons. The van der Waals surface area contributed by atoms with Gasteiger partial charge in [-0.15, -0.1) is 22.7 Å². The molecule has 4 nitrogen and oxygen atoms in total. The van der Waals surface area contributed by atoms with Crippen molar-refractivity contribution in [3.8, 4) is 17.3 Å². The normalized spacial score (nSPS) is 15.2. The van der Waals surface area contributed by atoms with E-state index in [9.17, 15) is 0 Å². The predicted molar refractivity (Wildman–Crippen MR) is 176 cm³/mol. The first-order chi connectivity index (χ1) is 19.9. The summed E-state index contributed by atoms with van der Waals surface area (Å²) < 4.78 is 16.4. The highest BCUT2D eigenvalue weighted by Crippen LogP contribution is 2.54. The zero-order chi connectivity index (χ0) is 27.6. The van der Waals surface area contributed by atoms with Crippen LogP contribution in [0.1, 0.15) is 23.7 Å². The van der Waals surface area contributed by atoms with E-state index in [4.69, 9.17) is 9.72 Å². The van der Waals surface area contributed by atoms with Gasteiger partial charge in [0.2, 0.25) is 5.88 Å². The van der Waals surface area contributed by atoms with Gasteiger partial charge in [0, 0.05) is 48.8 Å². The summed E-state index contributed by atoms with van der Waals surface area (Å²) in [6.45, 7) is 8.48. The lowest BCUT2D eigenvalue weighted by molar-refractivity contribution is 0.298. The molecule has 0 bridgehead atoms. The minimum absolute atomic E-state index is 0.108. The van der Waals surface area contributed by atoms with Crippen LogP contribution in [0.4, 0.5) is 0 Å². The summed E-state index contributed by atoms with van der Waals surface area (Å²) in [5.41, 5.74) is 9.72. The number of nitrogens with zero attached hydrogens (tertiary/aromatic N) is 3. The average molecular weight is 588 g/mol. The van der Waals surface area contributed by atoms with Crippen LogP contribution in [0.3, 0.4) is 0 Å². The van der Waals surface area contributed by atoms with Gasteiger partial charge in [-0.1, -0.05) is 47.2 Å². The highest BCUT2D eigenvalue weighted by atomic mass is 32.2. The number of hydrogen-bond acceptors (Lipinski definition) is 5. The lowest BCUT2D eigenvalue weighted by atomic mass is 10.1. The maximum Gasteiger partial charge on any atom is 0.215 e. The summed E-state index contributed by atoms with van der Waals surface area (Å²) >= 11 is 5.59. The van der Waals surface area contributed by atoms with Crippen LogP contribution in [0.15, 0.2) is 77.8 Å². The van der Waals surface area contributed by atoms with Crippen molar-refractivity contribution in [1.29, 1.82) is 0 Å². The van der Waals surface area contributed by atoms with Gasteiger partial charge in [0.25, 0.3) is 0 Å². The summed E-state index contributed by atoms with van der Waals surface area (Å²) in [6, 6.07) is 24.7. The van der Waals surface area contributed by atoms with Crippen LogP contribution in [0.5, 0.6) is 5.88 Å². The zero-order valence-corrected chi connectivity index (χ0v) is 25.4. The molecular formula is C34H25N3OS3. The second kappa shape index (κ2) is 8.38. The molecule has 1 atom stereocenters. The first kappa shape index (κ1) is 23.9. The van der Waals surface area contributed by atoms with Gasteiger partial charge in [0.15, 0.2) is 0 Å². The molecule has 7 heteroatoms. The molecule has 9 rings (SSSR count). The third-order valence-electron chi connectivity index (χ3n) is 8.15. The van der Waals surface area contributed by atoms with E-state index >= 15 is 0 Å². The lowest BCUT2D eigenvalue weighted by Gasteiger charge is -2.11. The van der Waals surface area contributed by atoms with E-state index < -0.39 is 0 Å². The van der Waals surface area contributed by atoms with Crippen molar-refractivity contribution in [2.24, 2.45) is 0 Å². The Balaban J connectivity index is 1.39. The Kier molecular flexibility index (Phi) is 4.88. The van der Waals surface area contributed by atoms with E-state index in [2.05, 4.69) is 110 Å². The fraction of sp³-hybridized carbons (Fsp3) is 0.147. The highest BCUT2D eigenvalue weighted by molar-refractivity contribution is 8.00. The molecule has 0 spiro atoms. The Morgan fingerprint density at radius 1 is 0.707 bits per heavy atom. The Labute approximate surface area is 248 Å². The van der Waals surface area contributed by atoms with Crippen LogP contribution in [0.25, 0.3) is 62.9 Å². The molecule has 1 unspecified atom stereocenters. The number of thiophene rings is 2. The van der Waals surface area contributed by atoms with E-state index in [0.717, 1.165) is 17.3 Å². The molecule has 0 saturated carbocycles. The summed E-state index contributed by atoms with van der Waals surface area (Å²) in [5.74, 6) is 0.976. The molecule has 0 amide bonds. The van der Waals surface area contributed by atoms with Gasteiger partial charge in [-0.05, 0) is 70.2 Å². The first-order valence-corrected chi connectivity index (χ1v) is 16.3. The van der Waals surface area contributed by atoms with Gasteiger partial charge in [-0.2, -0.15) is 0 Å². The van der Waals surface area contributed by atoms with Crippen molar-refractivity contribution in [2.75, 3.05) is 0 Å². The maximum absolute atomic E-state index is 6.39. The molecule has 0 saturated heterocycles. The molecule has 5 aromatic heterocycles. The van der Waals surface area contributed by atoms with Crippen molar-refractivity contribution in [3.63, 3.8) is 0 Å². The van der Waals surface area contributed by atoms with Crippen molar-refractivity contribution in [1.82, 2.24) is 14.1 Å². The third-order valence-corrected chi connectivity index (χ3v) is 11.7. The Bertz CT molecular complexity index is 2350. The Morgan fingerprint density at radius 3 is 1.95 bits per heavy atom. The molecular weight excluding hydrogens is 563 g/mol. The number of pyridine rings is 1. The number of rotatable bonds is 2. The molecule has 0 aliphatic carbocycles. The maximum atomic E-state index is 6.39. The van der Waals surface area contributed by atoms with Crippen molar-refractivity contribution >= 4 is 85.9 Å². The van der Waals surface area contributed by atoms with E-state index in [1.54, 1.807) is 0 Å². The summed E-state index contributed by atoms with van der Waals surface area (Å²) in [4.78, 5) is 5.96. The average Bonchev–Trinajstić information content (AvgIpc) is 3.73. The topological polar surface area (TPSA) is 32.0 Å². The monoisotopic (exact) mass is 587 g/mol. The van der Waals surface area contributed by atoms with E-state index in [-0.39, 0.29) is 5.44 Å². The van der Waals surface area contributed by atoms with Gasteiger partial charge in [0.1, 0.15) is 5.44 Å². The number of aromatic nitrogens is 3. The Hall–Kier alpha value is -3.78. The molecule has 3 aromatic carbocycles.